The number of terminal acetylenes is 1. The molecule has 0 aliphatic carbocycles. The van der Waals surface area contributed by atoms with Gasteiger partial charge in [0.1, 0.15) is 7.14 Å². The fourth-order valence-electron chi connectivity index (χ4n) is 1.52. The molecular weight excluding hydrogens is 235 g/mol. The highest BCUT2D eigenvalue weighted by atomic mass is 31.2. The number of amides is 1. The fourth-order valence-corrected chi connectivity index (χ4v) is 2.70. The molecule has 0 heterocycles. The second-order valence-electron chi connectivity index (χ2n) is 3.97. The number of hydrogen-bond donors (Lipinski definition) is 2. The summed E-state index contributed by atoms with van der Waals surface area (Å²) in [7, 11) is -2.50. The zero-order valence-electron chi connectivity index (χ0n) is 9.86. The van der Waals surface area contributed by atoms with E-state index in [2.05, 4.69) is 11.2 Å². The van der Waals surface area contributed by atoms with Crippen molar-refractivity contribution >= 4 is 24.0 Å². The van der Waals surface area contributed by atoms with Gasteiger partial charge < -0.3 is 15.6 Å². The second-order valence-corrected chi connectivity index (χ2v) is 7.16. The molecule has 0 radical (unpaired) electrons. The molecule has 90 valence electrons. The van der Waals surface area contributed by atoms with E-state index in [1.54, 1.807) is 31.5 Å². The highest BCUT2D eigenvalue weighted by Gasteiger charge is 2.20. The lowest BCUT2D eigenvalue weighted by molar-refractivity contribution is 0.100. The molecule has 0 spiro atoms. The van der Waals surface area contributed by atoms with Crippen LogP contribution in [0.4, 0.5) is 5.69 Å². The van der Waals surface area contributed by atoms with Crippen LogP contribution < -0.4 is 16.4 Å². The number of carbonyl (C=O) groups is 1. The Balaban J connectivity index is 3.41. The summed E-state index contributed by atoms with van der Waals surface area (Å²) in [5, 5.41) is 3.50. The second kappa shape index (κ2) is 5.07. The maximum atomic E-state index is 12.1. The van der Waals surface area contributed by atoms with Gasteiger partial charge in [0.15, 0.2) is 0 Å². The lowest BCUT2D eigenvalue weighted by Gasteiger charge is -2.16. The molecule has 17 heavy (non-hydrogen) atoms. The van der Waals surface area contributed by atoms with Crippen molar-refractivity contribution in [3.8, 4) is 12.3 Å². The summed E-state index contributed by atoms with van der Waals surface area (Å²) >= 11 is 0. The first-order valence-electron chi connectivity index (χ1n) is 5.03. The largest absolute Gasteiger partial charge is 0.373 e. The van der Waals surface area contributed by atoms with Gasteiger partial charge in [0, 0.05) is 5.30 Å². The molecule has 0 aromatic heterocycles. The van der Waals surface area contributed by atoms with E-state index in [1.807, 2.05) is 0 Å². The molecule has 5 heteroatoms. The molecule has 0 unspecified atom stereocenters. The number of nitrogens with two attached hydrogens (primary N) is 1. The van der Waals surface area contributed by atoms with E-state index < -0.39 is 13.0 Å². The first kappa shape index (κ1) is 13.3. The monoisotopic (exact) mass is 250 g/mol. The van der Waals surface area contributed by atoms with Crippen LogP contribution in [-0.4, -0.2) is 25.8 Å². The quantitative estimate of drug-likeness (QED) is 0.620. The predicted octanol–water partition coefficient (Wildman–Crippen LogP) is 1.08. The van der Waals surface area contributed by atoms with Gasteiger partial charge in [-0.3, -0.25) is 4.79 Å². The van der Waals surface area contributed by atoms with Gasteiger partial charge in [0.2, 0.25) is 0 Å². The minimum absolute atomic E-state index is 0.247. The molecule has 1 amide bonds. The Bertz CT molecular complexity index is 526. The van der Waals surface area contributed by atoms with E-state index in [-0.39, 0.29) is 6.54 Å². The first-order valence-corrected chi connectivity index (χ1v) is 7.63. The lowest BCUT2D eigenvalue weighted by atomic mass is 10.1. The average molecular weight is 250 g/mol. The van der Waals surface area contributed by atoms with Crippen molar-refractivity contribution in [2.75, 3.05) is 25.2 Å². The predicted molar refractivity (Wildman–Crippen MR) is 71.4 cm³/mol. The normalized spacial score (nSPS) is 10.6. The summed E-state index contributed by atoms with van der Waals surface area (Å²) in [6.45, 7) is 3.51. The number of hydrogen-bond acceptors (Lipinski definition) is 3. The summed E-state index contributed by atoms with van der Waals surface area (Å²) < 4.78 is 12.1. The molecule has 0 bridgehead atoms. The Hall–Kier alpha value is -1.72. The third-order valence-corrected chi connectivity index (χ3v) is 3.79. The van der Waals surface area contributed by atoms with Crippen molar-refractivity contribution in [2.24, 2.45) is 5.73 Å². The summed E-state index contributed by atoms with van der Waals surface area (Å²) in [6, 6.07) is 4.96. The highest BCUT2D eigenvalue weighted by molar-refractivity contribution is 7.70. The van der Waals surface area contributed by atoms with E-state index in [4.69, 9.17) is 12.2 Å². The zero-order chi connectivity index (χ0) is 13.1. The minimum Gasteiger partial charge on any atom is -0.373 e. The van der Waals surface area contributed by atoms with Crippen LogP contribution in [-0.2, 0) is 4.57 Å². The number of benzene rings is 1. The molecule has 0 atom stereocenters. The van der Waals surface area contributed by atoms with E-state index >= 15 is 0 Å². The third kappa shape index (κ3) is 3.12. The number of primary amides is 1. The zero-order valence-corrected chi connectivity index (χ0v) is 10.8. The highest BCUT2D eigenvalue weighted by Crippen LogP contribution is 2.38. The number of rotatable bonds is 4. The number of para-hydroxylation sites is 1. The van der Waals surface area contributed by atoms with E-state index in [9.17, 15) is 9.36 Å². The van der Waals surface area contributed by atoms with E-state index in [0.29, 0.717) is 16.6 Å². The van der Waals surface area contributed by atoms with E-state index in [0.717, 1.165) is 0 Å². The van der Waals surface area contributed by atoms with Crippen LogP contribution in [0.3, 0.4) is 0 Å². The van der Waals surface area contributed by atoms with Crippen LogP contribution in [0.15, 0.2) is 18.2 Å². The molecule has 1 rings (SSSR count). The third-order valence-electron chi connectivity index (χ3n) is 2.26. The Morgan fingerprint density at radius 3 is 2.65 bits per heavy atom. The molecule has 0 fully saturated rings. The van der Waals surface area contributed by atoms with Crippen LogP contribution >= 0.6 is 7.14 Å². The summed E-state index contributed by atoms with van der Waals surface area (Å²) in [6.07, 6.45) is 5.16. The SMILES string of the molecule is C#CCNc1c(C(N)=O)cccc1P(C)(C)=O. The molecule has 3 N–H and O–H groups in total. The Labute approximate surface area is 101 Å². The van der Waals surface area contributed by atoms with Crippen LogP contribution in [0, 0.1) is 12.3 Å². The smallest absolute Gasteiger partial charge is 0.250 e. The standard InChI is InChI=1S/C12H15N2O2P/c1-4-8-14-11-9(12(13)15)6-5-7-10(11)17(2,3)16/h1,5-7,14H,8H2,2-3H3,(H2,13,15). The van der Waals surface area contributed by atoms with Crippen LogP contribution in [0.5, 0.6) is 0 Å². The van der Waals surface area contributed by atoms with Gasteiger partial charge in [-0.2, -0.15) is 0 Å². The topological polar surface area (TPSA) is 72.2 Å². The Morgan fingerprint density at radius 1 is 1.53 bits per heavy atom. The molecule has 0 saturated heterocycles. The molecular formula is C12H15N2O2P. The Kier molecular flexibility index (Phi) is 3.98. The van der Waals surface area contributed by atoms with E-state index in [1.165, 1.54) is 0 Å². The van der Waals surface area contributed by atoms with Crippen LogP contribution in [0.1, 0.15) is 10.4 Å². The first-order chi connectivity index (χ1) is 7.88. The Morgan fingerprint density at radius 2 is 2.18 bits per heavy atom. The van der Waals surface area contributed by atoms with Crippen LogP contribution in [0.2, 0.25) is 0 Å². The molecule has 0 aliphatic heterocycles. The minimum atomic E-state index is -2.50. The molecule has 1 aromatic carbocycles. The van der Waals surface area contributed by atoms with Gasteiger partial charge in [-0.25, -0.2) is 0 Å². The fraction of sp³-hybridized carbons (Fsp3) is 0.250. The van der Waals surface area contributed by atoms with Crippen molar-refractivity contribution in [1.82, 2.24) is 0 Å². The van der Waals surface area contributed by atoms with Crippen LogP contribution in [0.25, 0.3) is 0 Å². The average Bonchev–Trinajstić information content (AvgIpc) is 2.24. The van der Waals surface area contributed by atoms with Crippen molar-refractivity contribution in [2.45, 2.75) is 0 Å². The molecule has 0 aliphatic rings. The number of carbonyl (C=O) groups excluding carboxylic acids is 1. The molecule has 1 aromatic rings. The maximum absolute atomic E-state index is 12.1. The van der Waals surface area contributed by atoms with Crippen molar-refractivity contribution in [1.29, 1.82) is 0 Å². The van der Waals surface area contributed by atoms with Crippen molar-refractivity contribution in [3.63, 3.8) is 0 Å². The maximum Gasteiger partial charge on any atom is 0.250 e. The number of anilines is 1. The lowest BCUT2D eigenvalue weighted by Crippen LogP contribution is -2.21. The summed E-state index contributed by atoms with van der Waals surface area (Å²) in [4.78, 5) is 11.3. The van der Waals surface area contributed by atoms with Gasteiger partial charge in [0.25, 0.3) is 5.91 Å². The molecule has 0 saturated carbocycles. The molecule has 4 nitrogen and oxygen atoms in total. The summed E-state index contributed by atoms with van der Waals surface area (Å²) in [5.74, 6) is 1.84. The summed E-state index contributed by atoms with van der Waals surface area (Å²) in [5.41, 5.74) is 6.06. The van der Waals surface area contributed by atoms with Gasteiger partial charge >= 0.3 is 0 Å². The van der Waals surface area contributed by atoms with Gasteiger partial charge in [-0.15, -0.1) is 6.42 Å². The van der Waals surface area contributed by atoms with Gasteiger partial charge in [0.05, 0.1) is 17.8 Å². The van der Waals surface area contributed by atoms with Gasteiger partial charge in [-0.05, 0) is 25.5 Å². The number of nitrogens with one attached hydrogen (secondary N) is 1. The van der Waals surface area contributed by atoms with Crippen molar-refractivity contribution < 1.29 is 9.36 Å². The van der Waals surface area contributed by atoms with Gasteiger partial charge in [-0.1, -0.05) is 12.0 Å². The van der Waals surface area contributed by atoms with Crippen molar-refractivity contribution in [3.05, 3.63) is 23.8 Å².